The van der Waals surface area contributed by atoms with E-state index in [4.69, 9.17) is 9.47 Å². The van der Waals surface area contributed by atoms with Crippen LogP contribution in [0.3, 0.4) is 0 Å². The third kappa shape index (κ3) is 1.99. The topological polar surface area (TPSA) is 56.2 Å². The zero-order valence-corrected chi connectivity index (χ0v) is 9.39. The summed E-state index contributed by atoms with van der Waals surface area (Å²) in [5.74, 6) is 0. The Balaban J connectivity index is 1.95. The van der Waals surface area contributed by atoms with Crippen molar-refractivity contribution in [3.8, 4) is 0 Å². The molecule has 5 heteroatoms. The number of hydrogen-bond acceptors (Lipinski definition) is 3. The number of pyridine rings is 1. The van der Waals surface area contributed by atoms with Gasteiger partial charge in [0.25, 0.3) is 5.56 Å². The first-order valence-electron chi connectivity index (χ1n) is 5.71. The zero-order valence-electron chi connectivity index (χ0n) is 9.39. The van der Waals surface area contributed by atoms with Gasteiger partial charge >= 0.3 is 0 Å². The van der Waals surface area contributed by atoms with Gasteiger partial charge in [-0.1, -0.05) is 0 Å². The number of hydrogen-bond donors (Lipinski definition) is 1. The van der Waals surface area contributed by atoms with E-state index in [9.17, 15) is 4.79 Å². The second-order valence-corrected chi connectivity index (χ2v) is 4.13. The second-order valence-electron chi connectivity index (χ2n) is 4.13. The Bertz CT molecular complexity index is 566. The maximum atomic E-state index is 11.9. The number of aromatic nitrogens is 2. The summed E-state index contributed by atoms with van der Waals surface area (Å²) in [6.45, 7) is 2.32. The summed E-state index contributed by atoms with van der Waals surface area (Å²) in [7, 11) is 0. The number of aromatic amines is 1. The van der Waals surface area contributed by atoms with Crippen molar-refractivity contribution in [1.82, 2.24) is 9.55 Å². The summed E-state index contributed by atoms with van der Waals surface area (Å²) in [4.78, 5) is 15.0. The molecule has 2 aromatic rings. The monoisotopic (exact) mass is 234 g/mol. The van der Waals surface area contributed by atoms with E-state index < -0.39 is 0 Å². The van der Waals surface area contributed by atoms with Gasteiger partial charge < -0.3 is 19.0 Å². The lowest BCUT2D eigenvalue weighted by atomic mass is 10.3. The molecule has 17 heavy (non-hydrogen) atoms. The molecule has 0 bridgehead atoms. The van der Waals surface area contributed by atoms with Crippen molar-refractivity contribution in [2.24, 2.45) is 0 Å². The highest BCUT2D eigenvalue weighted by Crippen LogP contribution is 2.11. The van der Waals surface area contributed by atoms with Crippen LogP contribution < -0.4 is 5.56 Å². The van der Waals surface area contributed by atoms with E-state index in [1.807, 2.05) is 12.3 Å². The minimum Gasteiger partial charge on any atom is -0.376 e. The standard InChI is InChI=1S/C12H14N2O3/c15-12-2-1-10-11(3-4-13-10)14(12)7-9-8-16-5-6-17-9/h1-4,9,13H,5-8H2. The van der Waals surface area contributed by atoms with Gasteiger partial charge in [-0.3, -0.25) is 4.79 Å². The van der Waals surface area contributed by atoms with E-state index in [0.717, 1.165) is 11.0 Å². The molecule has 1 atom stereocenters. The zero-order chi connectivity index (χ0) is 11.7. The van der Waals surface area contributed by atoms with Crippen molar-refractivity contribution < 1.29 is 9.47 Å². The largest absolute Gasteiger partial charge is 0.376 e. The Morgan fingerprint density at radius 2 is 2.29 bits per heavy atom. The quantitative estimate of drug-likeness (QED) is 0.834. The molecule has 1 unspecified atom stereocenters. The summed E-state index contributed by atoms with van der Waals surface area (Å²) < 4.78 is 12.6. The van der Waals surface area contributed by atoms with Gasteiger partial charge in [-0.15, -0.1) is 0 Å². The lowest BCUT2D eigenvalue weighted by molar-refractivity contribution is -0.0934. The summed E-state index contributed by atoms with van der Waals surface area (Å²) in [5.41, 5.74) is 1.86. The molecule has 1 aliphatic rings. The van der Waals surface area contributed by atoms with Crippen LogP contribution in [0.4, 0.5) is 0 Å². The van der Waals surface area contributed by atoms with Crippen molar-refractivity contribution in [3.05, 3.63) is 34.7 Å². The van der Waals surface area contributed by atoms with Crippen LogP contribution in [0.25, 0.3) is 11.0 Å². The number of nitrogens with one attached hydrogen (secondary N) is 1. The normalized spacial score (nSPS) is 20.8. The molecule has 3 rings (SSSR count). The molecular weight excluding hydrogens is 220 g/mol. The van der Waals surface area contributed by atoms with Gasteiger partial charge in [0.05, 0.1) is 43.5 Å². The fraction of sp³-hybridized carbons (Fsp3) is 0.417. The van der Waals surface area contributed by atoms with E-state index in [2.05, 4.69) is 4.98 Å². The second kappa shape index (κ2) is 4.35. The van der Waals surface area contributed by atoms with Gasteiger partial charge in [0.2, 0.25) is 0 Å². The van der Waals surface area contributed by atoms with Crippen molar-refractivity contribution in [3.63, 3.8) is 0 Å². The molecule has 0 aromatic carbocycles. The first kappa shape index (κ1) is 10.6. The number of H-pyrrole nitrogens is 1. The molecule has 3 heterocycles. The third-order valence-corrected chi connectivity index (χ3v) is 2.98. The maximum absolute atomic E-state index is 11.9. The fourth-order valence-electron chi connectivity index (χ4n) is 2.14. The molecule has 0 aliphatic carbocycles. The van der Waals surface area contributed by atoms with Crippen LogP contribution in [0.2, 0.25) is 0 Å². The Morgan fingerprint density at radius 1 is 1.35 bits per heavy atom. The number of rotatable bonds is 2. The van der Waals surface area contributed by atoms with Crippen LogP contribution in [-0.4, -0.2) is 35.5 Å². The third-order valence-electron chi connectivity index (χ3n) is 2.98. The molecule has 90 valence electrons. The molecular formula is C12H14N2O3. The Morgan fingerprint density at radius 3 is 3.12 bits per heavy atom. The van der Waals surface area contributed by atoms with Crippen molar-refractivity contribution >= 4 is 11.0 Å². The van der Waals surface area contributed by atoms with E-state index in [0.29, 0.717) is 26.4 Å². The maximum Gasteiger partial charge on any atom is 0.251 e. The van der Waals surface area contributed by atoms with Crippen LogP contribution in [0.15, 0.2) is 29.2 Å². The lowest BCUT2D eigenvalue weighted by Crippen LogP contribution is -2.35. The minimum absolute atomic E-state index is 0.00808. The highest BCUT2D eigenvalue weighted by molar-refractivity contribution is 5.75. The highest BCUT2D eigenvalue weighted by atomic mass is 16.6. The van der Waals surface area contributed by atoms with Crippen LogP contribution in [0.1, 0.15) is 0 Å². The van der Waals surface area contributed by atoms with E-state index in [1.165, 1.54) is 0 Å². The molecule has 2 aromatic heterocycles. The van der Waals surface area contributed by atoms with E-state index >= 15 is 0 Å². The predicted octanol–water partition coefficient (Wildman–Crippen LogP) is 0.745. The number of nitrogens with zero attached hydrogens (tertiary/aromatic N) is 1. The molecule has 1 aliphatic heterocycles. The summed E-state index contributed by atoms with van der Waals surface area (Å²) in [5, 5.41) is 0. The van der Waals surface area contributed by atoms with Crippen LogP contribution in [0.5, 0.6) is 0 Å². The molecule has 5 nitrogen and oxygen atoms in total. The van der Waals surface area contributed by atoms with Gasteiger partial charge in [0.15, 0.2) is 0 Å². The molecule has 0 radical (unpaired) electrons. The van der Waals surface area contributed by atoms with Crippen molar-refractivity contribution in [2.45, 2.75) is 12.6 Å². The highest BCUT2D eigenvalue weighted by Gasteiger charge is 2.16. The lowest BCUT2D eigenvalue weighted by Gasteiger charge is -2.23. The van der Waals surface area contributed by atoms with Gasteiger partial charge in [-0.05, 0) is 12.1 Å². The van der Waals surface area contributed by atoms with Crippen LogP contribution in [-0.2, 0) is 16.0 Å². The average Bonchev–Trinajstić information content (AvgIpc) is 2.83. The number of fused-ring (bicyclic) bond motifs is 1. The Labute approximate surface area is 98.0 Å². The molecule has 1 saturated heterocycles. The van der Waals surface area contributed by atoms with Gasteiger partial charge in [0.1, 0.15) is 0 Å². The fourth-order valence-corrected chi connectivity index (χ4v) is 2.14. The Kier molecular flexibility index (Phi) is 2.70. The molecule has 0 spiro atoms. The summed E-state index contributed by atoms with van der Waals surface area (Å²) in [6.07, 6.45) is 1.79. The first-order valence-corrected chi connectivity index (χ1v) is 5.71. The van der Waals surface area contributed by atoms with Crippen molar-refractivity contribution in [1.29, 1.82) is 0 Å². The van der Waals surface area contributed by atoms with Gasteiger partial charge in [-0.2, -0.15) is 0 Å². The average molecular weight is 234 g/mol. The molecule has 1 N–H and O–H groups in total. The minimum atomic E-state index is -0.0399. The molecule has 0 amide bonds. The first-order chi connectivity index (χ1) is 8.34. The SMILES string of the molecule is O=c1ccc2[nH]ccc2n1CC1COCCO1. The summed E-state index contributed by atoms with van der Waals surface area (Å²) >= 11 is 0. The smallest absolute Gasteiger partial charge is 0.251 e. The Hall–Kier alpha value is -1.59. The van der Waals surface area contributed by atoms with Crippen LogP contribution >= 0.6 is 0 Å². The van der Waals surface area contributed by atoms with E-state index in [-0.39, 0.29) is 11.7 Å². The summed E-state index contributed by atoms with van der Waals surface area (Å²) in [6, 6.07) is 5.27. The van der Waals surface area contributed by atoms with Crippen LogP contribution in [0, 0.1) is 0 Å². The van der Waals surface area contributed by atoms with Crippen molar-refractivity contribution in [2.75, 3.05) is 19.8 Å². The molecule has 0 saturated carbocycles. The van der Waals surface area contributed by atoms with Gasteiger partial charge in [-0.25, -0.2) is 0 Å². The van der Waals surface area contributed by atoms with Gasteiger partial charge in [0, 0.05) is 12.3 Å². The van der Waals surface area contributed by atoms with E-state index in [1.54, 1.807) is 16.7 Å². The molecule has 1 fully saturated rings. The number of ether oxygens (including phenoxy) is 2. The predicted molar refractivity (Wildman–Crippen MR) is 63.1 cm³/mol.